The Kier molecular flexibility index (Phi) is 5.32. The molecule has 0 aliphatic carbocycles. The van der Waals surface area contributed by atoms with Crippen molar-refractivity contribution in [2.24, 2.45) is 0 Å². The first kappa shape index (κ1) is 19.6. The van der Waals surface area contributed by atoms with Crippen molar-refractivity contribution in [2.75, 3.05) is 12.4 Å². The Morgan fingerprint density at radius 1 is 1.03 bits per heavy atom. The summed E-state index contributed by atoms with van der Waals surface area (Å²) in [6.45, 7) is 0.573. The van der Waals surface area contributed by atoms with E-state index in [2.05, 4.69) is 22.8 Å². The van der Waals surface area contributed by atoms with Gasteiger partial charge in [0.05, 0.1) is 24.9 Å². The number of methoxy groups -OCH3 is 1. The molecule has 5 aromatic rings. The first-order valence-corrected chi connectivity index (χ1v) is 11.0. The number of aromatic nitrogens is 3. The molecule has 7 heteroatoms. The van der Waals surface area contributed by atoms with Gasteiger partial charge in [0.2, 0.25) is 0 Å². The number of hydrogen-bond donors (Lipinski definition) is 1. The van der Waals surface area contributed by atoms with Crippen LogP contribution in [0.4, 0.5) is 11.5 Å². The van der Waals surface area contributed by atoms with E-state index in [4.69, 9.17) is 26.4 Å². The van der Waals surface area contributed by atoms with Crippen molar-refractivity contribution in [1.29, 1.82) is 0 Å². The fourth-order valence-corrected chi connectivity index (χ4v) is 4.45. The van der Waals surface area contributed by atoms with Gasteiger partial charge < -0.3 is 10.1 Å². The van der Waals surface area contributed by atoms with Crippen molar-refractivity contribution in [2.45, 2.75) is 6.54 Å². The highest BCUT2D eigenvalue weighted by Gasteiger charge is 2.14. The second-order valence-electron chi connectivity index (χ2n) is 7.03. The van der Waals surface area contributed by atoms with Gasteiger partial charge in [-0.25, -0.2) is 4.98 Å². The molecule has 0 atom stereocenters. The molecule has 5 nitrogen and oxygen atoms in total. The molecule has 0 amide bonds. The highest BCUT2D eigenvalue weighted by molar-refractivity contribution is 7.13. The lowest BCUT2D eigenvalue weighted by molar-refractivity contribution is 0.415. The third kappa shape index (κ3) is 4.13. The topological polar surface area (TPSA) is 52.0 Å². The third-order valence-corrected chi connectivity index (χ3v) is 6.10. The number of nitrogens with one attached hydrogen (secondary N) is 1. The molecule has 1 N–H and O–H groups in total. The predicted molar refractivity (Wildman–Crippen MR) is 128 cm³/mol. The largest absolute Gasteiger partial charge is 0.497 e. The molecule has 0 aliphatic rings. The van der Waals surface area contributed by atoms with Gasteiger partial charge in [-0.1, -0.05) is 48.0 Å². The molecule has 0 aliphatic heterocycles. The maximum Gasteiger partial charge on any atom is 0.160 e. The SMILES string of the molecule is COc1ccc2c(c1)c(Nc1cccc(Cl)c1)nn2Cc1csc(-c2ccccc2)n1. The normalized spacial score (nSPS) is 11.0. The summed E-state index contributed by atoms with van der Waals surface area (Å²) in [5, 5.41) is 13.0. The molecule has 0 radical (unpaired) electrons. The Labute approximate surface area is 188 Å². The fraction of sp³-hybridized carbons (Fsp3) is 0.0833. The zero-order valence-electron chi connectivity index (χ0n) is 16.7. The standard InChI is InChI=1S/C24H19ClN4OS/c1-30-20-10-11-22-21(13-20)23(26-18-9-5-8-17(25)12-18)28-29(22)14-19-15-31-24(27-19)16-6-3-2-4-7-16/h2-13,15H,14H2,1H3,(H,26,28). The molecule has 0 bridgehead atoms. The number of halogens is 1. The van der Waals surface area contributed by atoms with Gasteiger partial charge >= 0.3 is 0 Å². The summed E-state index contributed by atoms with van der Waals surface area (Å²) < 4.78 is 7.39. The van der Waals surface area contributed by atoms with Crippen LogP contribution in [-0.4, -0.2) is 21.9 Å². The van der Waals surface area contributed by atoms with Crippen molar-refractivity contribution < 1.29 is 4.74 Å². The molecule has 2 aromatic heterocycles. The van der Waals surface area contributed by atoms with Gasteiger partial charge in [-0.3, -0.25) is 4.68 Å². The summed E-state index contributed by atoms with van der Waals surface area (Å²) >= 11 is 7.79. The van der Waals surface area contributed by atoms with Crippen LogP contribution in [0.25, 0.3) is 21.5 Å². The van der Waals surface area contributed by atoms with E-state index in [9.17, 15) is 0 Å². The smallest absolute Gasteiger partial charge is 0.160 e. The summed E-state index contributed by atoms with van der Waals surface area (Å²) in [6, 6.07) is 23.8. The van der Waals surface area contributed by atoms with E-state index in [-0.39, 0.29) is 0 Å². The zero-order valence-corrected chi connectivity index (χ0v) is 18.3. The van der Waals surface area contributed by atoms with Crippen LogP contribution in [-0.2, 0) is 6.54 Å². The van der Waals surface area contributed by atoms with Crippen LogP contribution in [0.15, 0.2) is 78.2 Å². The minimum atomic E-state index is 0.573. The number of hydrogen-bond acceptors (Lipinski definition) is 5. The average Bonchev–Trinajstić information content (AvgIpc) is 3.39. The number of anilines is 2. The van der Waals surface area contributed by atoms with Gasteiger partial charge in [-0.05, 0) is 36.4 Å². The fourth-order valence-electron chi connectivity index (χ4n) is 3.45. The number of fused-ring (bicyclic) bond motifs is 1. The zero-order chi connectivity index (χ0) is 21.2. The van der Waals surface area contributed by atoms with Gasteiger partial charge in [0.1, 0.15) is 10.8 Å². The molecule has 0 spiro atoms. The first-order chi connectivity index (χ1) is 15.2. The third-order valence-electron chi connectivity index (χ3n) is 4.93. The number of nitrogens with zero attached hydrogens (tertiary/aromatic N) is 3. The van der Waals surface area contributed by atoms with Crippen molar-refractivity contribution >= 4 is 45.3 Å². The summed E-state index contributed by atoms with van der Waals surface area (Å²) in [7, 11) is 1.66. The lowest BCUT2D eigenvalue weighted by Crippen LogP contribution is -2.02. The Balaban J connectivity index is 1.51. The van der Waals surface area contributed by atoms with Crippen molar-refractivity contribution in [3.05, 3.63) is 88.9 Å². The maximum absolute atomic E-state index is 6.15. The van der Waals surface area contributed by atoms with E-state index >= 15 is 0 Å². The van der Waals surface area contributed by atoms with Crippen molar-refractivity contribution in [3.8, 4) is 16.3 Å². The Morgan fingerprint density at radius 3 is 2.71 bits per heavy atom. The molecular formula is C24H19ClN4OS. The molecule has 0 unspecified atom stereocenters. The monoisotopic (exact) mass is 446 g/mol. The number of thiazole rings is 1. The molecule has 154 valence electrons. The van der Waals surface area contributed by atoms with Crippen molar-refractivity contribution in [3.63, 3.8) is 0 Å². The van der Waals surface area contributed by atoms with Crippen LogP contribution in [0, 0.1) is 0 Å². The Bertz CT molecular complexity index is 1350. The Hall–Kier alpha value is -3.35. The van der Waals surface area contributed by atoms with E-state index in [1.807, 2.05) is 65.3 Å². The molecule has 5 rings (SSSR count). The molecule has 2 heterocycles. The van der Waals surface area contributed by atoms with E-state index in [1.54, 1.807) is 18.4 Å². The van der Waals surface area contributed by atoms with E-state index < -0.39 is 0 Å². The van der Waals surface area contributed by atoms with Crippen LogP contribution in [0.5, 0.6) is 5.75 Å². The van der Waals surface area contributed by atoms with E-state index in [0.717, 1.165) is 44.4 Å². The van der Waals surface area contributed by atoms with Gasteiger partial charge in [0.15, 0.2) is 5.82 Å². The highest BCUT2D eigenvalue weighted by Crippen LogP contribution is 2.31. The number of rotatable bonds is 6. The van der Waals surface area contributed by atoms with Crippen molar-refractivity contribution in [1.82, 2.24) is 14.8 Å². The second-order valence-corrected chi connectivity index (χ2v) is 8.33. The summed E-state index contributed by atoms with van der Waals surface area (Å²) in [5.41, 5.74) is 3.97. The maximum atomic E-state index is 6.15. The van der Waals surface area contributed by atoms with Crippen LogP contribution in [0.2, 0.25) is 5.02 Å². The van der Waals surface area contributed by atoms with Gasteiger partial charge in [0, 0.05) is 27.0 Å². The van der Waals surface area contributed by atoms with E-state index in [1.165, 1.54) is 0 Å². The number of ether oxygens (including phenoxy) is 1. The number of benzene rings is 3. The second kappa shape index (κ2) is 8.41. The van der Waals surface area contributed by atoms with Gasteiger partial charge in [-0.2, -0.15) is 5.10 Å². The lowest BCUT2D eigenvalue weighted by atomic mass is 10.2. The summed E-state index contributed by atoms with van der Waals surface area (Å²) in [5.74, 6) is 1.52. The quantitative estimate of drug-likeness (QED) is 0.318. The van der Waals surface area contributed by atoms with E-state index in [0.29, 0.717) is 11.6 Å². The first-order valence-electron chi connectivity index (χ1n) is 9.76. The lowest BCUT2D eigenvalue weighted by Gasteiger charge is -2.04. The highest BCUT2D eigenvalue weighted by atomic mass is 35.5. The minimum absolute atomic E-state index is 0.573. The molecule has 31 heavy (non-hydrogen) atoms. The molecule has 0 saturated carbocycles. The average molecular weight is 447 g/mol. The minimum Gasteiger partial charge on any atom is -0.497 e. The molecular weight excluding hydrogens is 428 g/mol. The molecule has 0 fully saturated rings. The van der Waals surface area contributed by atoms with Gasteiger partial charge in [-0.15, -0.1) is 11.3 Å². The Morgan fingerprint density at radius 2 is 1.90 bits per heavy atom. The van der Waals surface area contributed by atoms with Crippen LogP contribution in [0.3, 0.4) is 0 Å². The van der Waals surface area contributed by atoms with Gasteiger partial charge in [0.25, 0.3) is 0 Å². The van der Waals surface area contributed by atoms with Crippen LogP contribution >= 0.6 is 22.9 Å². The molecule has 3 aromatic carbocycles. The summed E-state index contributed by atoms with van der Waals surface area (Å²) in [4.78, 5) is 4.82. The molecule has 0 saturated heterocycles. The van der Waals surface area contributed by atoms with Crippen LogP contribution < -0.4 is 10.1 Å². The summed E-state index contributed by atoms with van der Waals surface area (Å²) in [6.07, 6.45) is 0. The van der Waals surface area contributed by atoms with Crippen LogP contribution in [0.1, 0.15) is 5.69 Å². The predicted octanol–water partition coefficient (Wildman–Crippen LogP) is 6.61.